The summed E-state index contributed by atoms with van der Waals surface area (Å²) in [6.07, 6.45) is 9.41. The highest BCUT2D eigenvalue weighted by Crippen LogP contribution is 2.34. The fraction of sp³-hybridized carbons (Fsp3) is 1.00. The summed E-state index contributed by atoms with van der Waals surface area (Å²) >= 11 is 0. The van der Waals surface area contributed by atoms with Crippen LogP contribution in [0.4, 0.5) is 0 Å². The molecule has 3 rings (SSSR count). The highest BCUT2D eigenvalue weighted by atomic mass is 15.4. The van der Waals surface area contributed by atoms with E-state index in [1.807, 2.05) is 0 Å². The topological polar surface area (TPSA) is 29.4 Å². The number of hydrogen-bond acceptors (Lipinski definition) is 2. The summed E-state index contributed by atoms with van der Waals surface area (Å²) in [4.78, 5) is 2.69. The van der Waals surface area contributed by atoms with E-state index in [0.29, 0.717) is 6.04 Å². The number of hydrogen-bond donors (Lipinski definition) is 1. The summed E-state index contributed by atoms with van der Waals surface area (Å²) in [5, 5.41) is 8.80. The highest BCUT2D eigenvalue weighted by molar-refractivity contribution is 5.03. The lowest BCUT2D eigenvalue weighted by Crippen LogP contribution is -2.65. The first-order chi connectivity index (χ1) is 7.92. The molecule has 3 fully saturated rings. The zero-order valence-corrected chi connectivity index (χ0v) is 10.2. The van der Waals surface area contributed by atoms with Gasteiger partial charge in [0, 0.05) is 25.7 Å². The van der Waals surface area contributed by atoms with E-state index < -0.39 is 0 Å². The summed E-state index contributed by atoms with van der Waals surface area (Å²) in [6, 6.07) is 0.644. The van der Waals surface area contributed by atoms with Gasteiger partial charge in [-0.1, -0.05) is 0 Å². The SMILES string of the molecule is C1CCC(C2CCCN2)(N2CCCC2)[N]C1. The summed E-state index contributed by atoms with van der Waals surface area (Å²) in [5.74, 6) is 0. The molecular formula is C13H24N3. The predicted molar refractivity (Wildman–Crippen MR) is 65.4 cm³/mol. The first-order valence-corrected chi connectivity index (χ1v) is 7.09. The third-order valence-corrected chi connectivity index (χ3v) is 4.61. The molecule has 0 amide bonds. The van der Waals surface area contributed by atoms with Crippen LogP contribution in [0.2, 0.25) is 0 Å². The molecule has 1 N–H and O–H groups in total. The van der Waals surface area contributed by atoms with Crippen LogP contribution in [-0.2, 0) is 0 Å². The standard InChI is InChI=1S/C13H24N3/c1-2-9-15-13(7-1,12-6-5-8-14-12)16-10-3-4-11-16/h12,14H,1-11H2. The molecule has 3 heteroatoms. The van der Waals surface area contributed by atoms with Gasteiger partial charge in [-0.25, -0.2) is 5.32 Å². The minimum absolute atomic E-state index is 0.186. The Morgan fingerprint density at radius 3 is 2.56 bits per heavy atom. The average molecular weight is 222 g/mol. The largest absolute Gasteiger partial charge is 0.311 e. The van der Waals surface area contributed by atoms with Crippen molar-refractivity contribution in [3.63, 3.8) is 0 Å². The molecule has 16 heavy (non-hydrogen) atoms. The highest BCUT2D eigenvalue weighted by Gasteiger charge is 2.47. The molecule has 3 nitrogen and oxygen atoms in total. The van der Waals surface area contributed by atoms with Gasteiger partial charge in [0.1, 0.15) is 5.66 Å². The molecule has 2 atom stereocenters. The van der Waals surface area contributed by atoms with Gasteiger partial charge in [-0.2, -0.15) is 0 Å². The number of nitrogens with zero attached hydrogens (tertiary/aromatic N) is 2. The molecule has 3 aliphatic rings. The maximum Gasteiger partial charge on any atom is 0.103 e. The Morgan fingerprint density at radius 2 is 1.94 bits per heavy atom. The van der Waals surface area contributed by atoms with Crippen molar-refractivity contribution in [3.8, 4) is 0 Å². The maximum atomic E-state index is 5.09. The van der Waals surface area contributed by atoms with Gasteiger partial charge in [-0.3, -0.25) is 4.90 Å². The molecule has 0 bridgehead atoms. The van der Waals surface area contributed by atoms with Gasteiger partial charge in [-0.05, 0) is 51.5 Å². The lowest BCUT2D eigenvalue weighted by molar-refractivity contribution is 0.0150. The first-order valence-electron chi connectivity index (χ1n) is 7.09. The Labute approximate surface area is 99.0 Å². The van der Waals surface area contributed by atoms with Crippen molar-refractivity contribution in [2.24, 2.45) is 0 Å². The molecule has 2 unspecified atom stereocenters. The van der Waals surface area contributed by atoms with Gasteiger partial charge in [0.15, 0.2) is 0 Å². The van der Waals surface area contributed by atoms with Gasteiger partial charge < -0.3 is 5.32 Å². The molecule has 3 aliphatic heterocycles. The van der Waals surface area contributed by atoms with Crippen LogP contribution in [0.3, 0.4) is 0 Å². The van der Waals surface area contributed by atoms with E-state index in [-0.39, 0.29) is 5.66 Å². The zero-order valence-electron chi connectivity index (χ0n) is 10.2. The monoisotopic (exact) mass is 222 g/mol. The van der Waals surface area contributed by atoms with E-state index in [4.69, 9.17) is 5.32 Å². The second-order valence-corrected chi connectivity index (χ2v) is 5.56. The lowest BCUT2D eigenvalue weighted by atomic mass is 9.87. The number of piperidine rings is 1. The number of rotatable bonds is 2. The minimum atomic E-state index is 0.186. The molecule has 0 spiro atoms. The second-order valence-electron chi connectivity index (χ2n) is 5.56. The molecular weight excluding hydrogens is 198 g/mol. The van der Waals surface area contributed by atoms with E-state index in [2.05, 4.69) is 10.2 Å². The van der Waals surface area contributed by atoms with Gasteiger partial charge >= 0.3 is 0 Å². The van der Waals surface area contributed by atoms with E-state index in [0.717, 1.165) is 6.54 Å². The Bertz CT molecular complexity index is 205. The summed E-state index contributed by atoms with van der Waals surface area (Å²) in [7, 11) is 0. The Morgan fingerprint density at radius 1 is 1.06 bits per heavy atom. The number of nitrogens with one attached hydrogen (secondary N) is 1. The Balaban J connectivity index is 1.79. The molecule has 1 radical (unpaired) electrons. The smallest absolute Gasteiger partial charge is 0.103 e. The van der Waals surface area contributed by atoms with Crippen LogP contribution in [0.15, 0.2) is 0 Å². The van der Waals surface area contributed by atoms with Crippen LogP contribution < -0.4 is 10.6 Å². The molecule has 91 valence electrons. The predicted octanol–water partition coefficient (Wildman–Crippen LogP) is 1.32. The van der Waals surface area contributed by atoms with Gasteiger partial charge in [0.05, 0.1) is 0 Å². The third kappa shape index (κ3) is 1.79. The van der Waals surface area contributed by atoms with Crippen LogP contribution in [-0.4, -0.2) is 42.8 Å². The van der Waals surface area contributed by atoms with Crippen molar-refractivity contribution < 1.29 is 0 Å². The fourth-order valence-corrected chi connectivity index (χ4v) is 3.80. The van der Waals surface area contributed by atoms with Gasteiger partial charge in [-0.15, -0.1) is 0 Å². The van der Waals surface area contributed by atoms with Gasteiger partial charge in [0.2, 0.25) is 0 Å². The summed E-state index contributed by atoms with van der Waals surface area (Å²) < 4.78 is 0. The van der Waals surface area contributed by atoms with Crippen molar-refractivity contribution in [2.75, 3.05) is 26.2 Å². The molecule has 0 aliphatic carbocycles. The third-order valence-electron chi connectivity index (χ3n) is 4.61. The fourth-order valence-electron chi connectivity index (χ4n) is 3.80. The van der Waals surface area contributed by atoms with E-state index in [9.17, 15) is 0 Å². The maximum absolute atomic E-state index is 5.09. The van der Waals surface area contributed by atoms with Crippen LogP contribution in [0.1, 0.15) is 44.9 Å². The molecule has 0 aromatic carbocycles. The average Bonchev–Trinajstić information content (AvgIpc) is 3.04. The lowest BCUT2D eigenvalue weighted by Gasteiger charge is -2.48. The van der Waals surface area contributed by atoms with Crippen molar-refractivity contribution in [3.05, 3.63) is 0 Å². The summed E-state index contributed by atoms with van der Waals surface area (Å²) in [6.45, 7) is 4.85. The van der Waals surface area contributed by atoms with Crippen LogP contribution >= 0.6 is 0 Å². The molecule has 0 saturated carbocycles. The van der Waals surface area contributed by atoms with Crippen LogP contribution in [0.25, 0.3) is 0 Å². The quantitative estimate of drug-likeness (QED) is 0.763. The van der Waals surface area contributed by atoms with E-state index in [1.54, 1.807) is 0 Å². The second kappa shape index (κ2) is 4.63. The Kier molecular flexibility index (Phi) is 3.18. The Hall–Kier alpha value is -0.120. The zero-order chi connectivity index (χ0) is 10.8. The first kappa shape index (κ1) is 11.0. The molecule has 3 heterocycles. The minimum Gasteiger partial charge on any atom is -0.311 e. The molecule has 0 aromatic rings. The van der Waals surface area contributed by atoms with E-state index in [1.165, 1.54) is 64.6 Å². The molecule has 0 aromatic heterocycles. The van der Waals surface area contributed by atoms with Crippen molar-refractivity contribution in [1.29, 1.82) is 0 Å². The molecule has 3 saturated heterocycles. The number of likely N-dealkylation sites (tertiary alicyclic amines) is 1. The van der Waals surface area contributed by atoms with Crippen LogP contribution in [0, 0.1) is 0 Å². The van der Waals surface area contributed by atoms with E-state index >= 15 is 0 Å². The van der Waals surface area contributed by atoms with Crippen molar-refractivity contribution >= 4 is 0 Å². The van der Waals surface area contributed by atoms with Crippen molar-refractivity contribution in [1.82, 2.24) is 15.5 Å². The van der Waals surface area contributed by atoms with Gasteiger partial charge in [0.25, 0.3) is 0 Å². The van der Waals surface area contributed by atoms with Crippen LogP contribution in [0.5, 0.6) is 0 Å². The summed E-state index contributed by atoms with van der Waals surface area (Å²) in [5.41, 5.74) is 0.186. The normalized spacial score (nSPS) is 41.6. The van der Waals surface area contributed by atoms with Crippen molar-refractivity contribution in [2.45, 2.75) is 56.7 Å².